The van der Waals surface area contributed by atoms with Crippen molar-refractivity contribution < 1.29 is 4.39 Å². The molecule has 3 heteroatoms. The van der Waals surface area contributed by atoms with Crippen molar-refractivity contribution in [3.63, 3.8) is 0 Å². The maximum atomic E-state index is 13.5. The fraction of sp³-hybridized carbons (Fsp3) is 0.200. The molecule has 1 nitrogen and oxygen atoms in total. The second-order valence-electron chi connectivity index (χ2n) is 4.39. The van der Waals surface area contributed by atoms with Gasteiger partial charge in [-0.05, 0) is 42.2 Å². The Morgan fingerprint density at radius 3 is 2.56 bits per heavy atom. The highest BCUT2D eigenvalue weighted by Crippen LogP contribution is 2.15. The van der Waals surface area contributed by atoms with Gasteiger partial charge in [0.25, 0.3) is 0 Å². The van der Waals surface area contributed by atoms with Gasteiger partial charge in [-0.1, -0.05) is 46.3 Å². The van der Waals surface area contributed by atoms with Gasteiger partial charge in [-0.15, -0.1) is 0 Å². The van der Waals surface area contributed by atoms with Gasteiger partial charge in [-0.2, -0.15) is 0 Å². The lowest BCUT2D eigenvalue weighted by Gasteiger charge is -2.12. The highest BCUT2D eigenvalue weighted by Gasteiger charge is 2.08. The molecule has 1 unspecified atom stereocenters. The van der Waals surface area contributed by atoms with Gasteiger partial charge >= 0.3 is 0 Å². The molecule has 0 radical (unpaired) electrons. The molecular formula is C15H15BrFN. The molecule has 0 heterocycles. The van der Waals surface area contributed by atoms with Crippen LogP contribution in [-0.4, -0.2) is 6.04 Å². The van der Waals surface area contributed by atoms with Gasteiger partial charge in [0.15, 0.2) is 0 Å². The molecule has 18 heavy (non-hydrogen) atoms. The molecule has 0 aromatic heterocycles. The van der Waals surface area contributed by atoms with Gasteiger partial charge in [0, 0.05) is 10.5 Å². The van der Waals surface area contributed by atoms with Crippen molar-refractivity contribution in [3.05, 3.63) is 69.9 Å². The average Bonchev–Trinajstić information content (AvgIpc) is 2.32. The molecule has 1 atom stereocenters. The van der Waals surface area contributed by atoms with Crippen molar-refractivity contribution >= 4 is 15.9 Å². The topological polar surface area (TPSA) is 26.0 Å². The zero-order valence-electron chi connectivity index (χ0n) is 9.94. The molecule has 0 fully saturated rings. The smallest absolute Gasteiger partial charge is 0.126 e. The normalized spacial score (nSPS) is 12.4. The minimum atomic E-state index is -0.179. The van der Waals surface area contributed by atoms with Crippen molar-refractivity contribution in [3.8, 4) is 0 Å². The van der Waals surface area contributed by atoms with Crippen LogP contribution < -0.4 is 5.73 Å². The number of rotatable bonds is 4. The maximum absolute atomic E-state index is 13.5. The maximum Gasteiger partial charge on any atom is 0.126 e. The fourth-order valence-electron chi connectivity index (χ4n) is 1.99. The third-order valence-electron chi connectivity index (χ3n) is 2.83. The Hall–Kier alpha value is -1.19. The van der Waals surface area contributed by atoms with E-state index in [9.17, 15) is 4.39 Å². The fourth-order valence-corrected chi connectivity index (χ4v) is 2.43. The third kappa shape index (κ3) is 3.65. The number of halogens is 2. The summed E-state index contributed by atoms with van der Waals surface area (Å²) < 4.78 is 14.5. The van der Waals surface area contributed by atoms with Crippen LogP contribution in [0.5, 0.6) is 0 Å². The molecule has 0 aliphatic rings. The number of benzene rings is 2. The Kier molecular flexibility index (Phi) is 4.50. The van der Waals surface area contributed by atoms with Gasteiger partial charge in [-0.25, -0.2) is 4.39 Å². The first-order valence-electron chi connectivity index (χ1n) is 5.88. The summed E-state index contributed by atoms with van der Waals surface area (Å²) in [7, 11) is 0. The quantitative estimate of drug-likeness (QED) is 0.915. The highest BCUT2D eigenvalue weighted by atomic mass is 79.9. The van der Waals surface area contributed by atoms with Gasteiger partial charge in [0.1, 0.15) is 5.82 Å². The minimum Gasteiger partial charge on any atom is -0.327 e. The second kappa shape index (κ2) is 6.12. The number of hydrogen-bond acceptors (Lipinski definition) is 1. The molecular weight excluding hydrogens is 293 g/mol. The Labute approximate surface area is 115 Å². The lowest BCUT2D eigenvalue weighted by molar-refractivity contribution is 0.584. The van der Waals surface area contributed by atoms with Crippen LogP contribution in [0.25, 0.3) is 0 Å². The highest BCUT2D eigenvalue weighted by molar-refractivity contribution is 9.10. The minimum absolute atomic E-state index is 0.0730. The number of hydrogen-bond donors (Lipinski definition) is 1. The monoisotopic (exact) mass is 307 g/mol. The molecule has 2 N–H and O–H groups in total. The van der Waals surface area contributed by atoms with E-state index in [2.05, 4.69) is 15.9 Å². The molecule has 0 spiro atoms. The van der Waals surface area contributed by atoms with Crippen LogP contribution in [0.3, 0.4) is 0 Å². The summed E-state index contributed by atoms with van der Waals surface area (Å²) >= 11 is 3.43. The Balaban J connectivity index is 2.01. The molecule has 0 aliphatic carbocycles. The SMILES string of the molecule is NC(Cc1cccc(Br)c1)Cc1ccccc1F. The predicted molar refractivity (Wildman–Crippen MR) is 75.9 cm³/mol. The Bertz CT molecular complexity index is 527. The molecule has 94 valence electrons. The molecule has 0 aliphatic heterocycles. The van der Waals surface area contributed by atoms with Crippen molar-refractivity contribution in [2.45, 2.75) is 18.9 Å². The summed E-state index contributed by atoms with van der Waals surface area (Å²) in [5.74, 6) is -0.179. The van der Waals surface area contributed by atoms with Crippen LogP contribution in [0, 0.1) is 5.82 Å². The summed E-state index contributed by atoms with van der Waals surface area (Å²) in [6.07, 6.45) is 1.30. The van der Waals surface area contributed by atoms with E-state index in [0.29, 0.717) is 12.0 Å². The lowest BCUT2D eigenvalue weighted by Crippen LogP contribution is -2.25. The summed E-state index contributed by atoms with van der Waals surface area (Å²) in [4.78, 5) is 0. The summed E-state index contributed by atoms with van der Waals surface area (Å²) in [6, 6.07) is 14.8. The van der Waals surface area contributed by atoms with Gasteiger partial charge in [0.2, 0.25) is 0 Å². The predicted octanol–water partition coefficient (Wildman–Crippen LogP) is 3.70. The zero-order valence-corrected chi connectivity index (χ0v) is 11.5. The van der Waals surface area contributed by atoms with Gasteiger partial charge in [-0.3, -0.25) is 0 Å². The van der Waals surface area contributed by atoms with E-state index >= 15 is 0 Å². The summed E-state index contributed by atoms with van der Waals surface area (Å²) in [6.45, 7) is 0. The van der Waals surface area contributed by atoms with E-state index in [4.69, 9.17) is 5.73 Å². The van der Waals surface area contributed by atoms with Crippen LogP contribution in [0.1, 0.15) is 11.1 Å². The standard InChI is InChI=1S/C15H15BrFN/c16-13-6-3-4-11(8-13)9-14(18)10-12-5-1-2-7-15(12)17/h1-8,14H,9-10,18H2. The Morgan fingerprint density at radius 2 is 1.83 bits per heavy atom. The van der Waals surface area contributed by atoms with Crippen LogP contribution >= 0.6 is 15.9 Å². The van der Waals surface area contributed by atoms with Crippen LogP contribution in [0.2, 0.25) is 0 Å². The van der Waals surface area contributed by atoms with Gasteiger partial charge in [0.05, 0.1) is 0 Å². The molecule has 2 aromatic rings. The Morgan fingerprint density at radius 1 is 1.06 bits per heavy atom. The molecule has 0 saturated carbocycles. The molecule has 0 bridgehead atoms. The summed E-state index contributed by atoms with van der Waals surface area (Å²) in [5, 5.41) is 0. The second-order valence-corrected chi connectivity index (χ2v) is 5.31. The number of nitrogens with two attached hydrogens (primary N) is 1. The van der Waals surface area contributed by atoms with E-state index in [1.165, 1.54) is 6.07 Å². The largest absolute Gasteiger partial charge is 0.327 e. The van der Waals surface area contributed by atoms with Crippen LogP contribution in [0.4, 0.5) is 4.39 Å². The van der Waals surface area contributed by atoms with E-state index in [1.54, 1.807) is 12.1 Å². The van der Waals surface area contributed by atoms with Crippen molar-refractivity contribution in [1.82, 2.24) is 0 Å². The molecule has 2 rings (SSSR count). The first-order valence-corrected chi connectivity index (χ1v) is 6.68. The zero-order chi connectivity index (χ0) is 13.0. The molecule has 0 amide bonds. The van der Waals surface area contributed by atoms with E-state index in [0.717, 1.165) is 16.5 Å². The van der Waals surface area contributed by atoms with Crippen molar-refractivity contribution in [2.75, 3.05) is 0 Å². The first kappa shape index (κ1) is 13.2. The molecule has 2 aromatic carbocycles. The van der Waals surface area contributed by atoms with E-state index < -0.39 is 0 Å². The first-order chi connectivity index (χ1) is 8.65. The van der Waals surface area contributed by atoms with Crippen LogP contribution in [0.15, 0.2) is 53.0 Å². The average molecular weight is 308 g/mol. The van der Waals surface area contributed by atoms with Crippen molar-refractivity contribution in [1.29, 1.82) is 0 Å². The third-order valence-corrected chi connectivity index (χ3v) is 3.32. The van der Waals surface area contributed by atoms with Crippen molar-refractivity contribution in [2.24, 2.45) is 5.73 Å². The van der Waals surface area contributed by atoms with Crippen LogP contribution in [-0.2, 0) is 12.8 Å². The van der Waals surface area contributed by atoms with E-state index in [-0.39, 0.29) is 11.9 Å². The van der Waals surface area contributed by atoms with E-state index in [1.807, 2.05) is 30.3 Å². The molecule has 0 saturated heterocycles. The van der Waals surface area contributed by atoms with Gasteiger partial charge < -0.3 is 5.73 Å². The lowest BCUT2D eigenvalue weighted by atomic mass is 9.99. The summed E-state index contributed by atoms with van der Waals surface area (Å²) in [5.41, 5.74) is 7.92.